The smallest absolute Gasteiger partial charge is 0.258 e. The van der Waals surface area contributed by atoms with Crippen LogP contribution in [0.25, 0.3) is 0 Å². The summed E-state index contributed by atoms with van der Waals surface area (Å²) in [7, 11) is -3.72. The lowest BCUT2D eigenvalue weighted by atomic mass is 9.77. The van der Waals surface area contributed by atoms with Crippen molar-refractivity contribution in [1.29, 1.82) is 5.26 Å². The highest BCUT2D eigenvalue weighted by atomic mass is 32.2. The first-order valence-electron chi connectivity index (χ1n) is 6.87. The fourth-order valence-corrected chi connectivity index (χ4v) is 4.01. The van der Waals surface area contributed by atoms with E-state index >= 15 is 0 Å². The summed E-state index contributed by atoms with van der Waals surface area (Å²) in [5, 5.41) is 9.43. The first-order chi connectivity index (χ1) is 9.41. The molecule has 0 saturated heterocycles. The lowest BCUT2D eigenvalue weighted by Gasteiger charge is -2.34. The van der Waals surface area contributed by atoms with Crippen molar-refractivity contribution in [3.63, 3.8) is 0 Å². The molecule has 20 heavy (non-hydrogen) atoms. The summed E-state index contributed by atoms with van der Waals surface area (Å²) in [5.74, 6) is 1.13. The lowest BCUT2D eigenvalue weighted by Crippen LogP contribution is -2.49. The van der Waals surface area contributed by atoms with Crippen LogP contribution < -0.4 is 4.72 Å². The summed E-state index contributed by atoms with van der Waals surface area (Å²) in [6.07, 6.45) is 5.25. The molecule has 2 rings (SSSR count). The van der Waals surface area contributed by atoms with Gasteiger partial charge >= 0.3 is 0 Å². The van der Waals surface area contributed by atoms with Gasteiger partial charge in [0.25, 0.3) is 10.0 Å². The van der Waals surface area contributed by atoms with Crippen LogP contribution in [0.1, 0.15) is 44.9 Å². The predicted molar refractivity (Wildman–Crippen MR) is 74.2 cm³/mol. The molecule has 0 aliphatic heterocycles. The van der Waals surface area contributed by atoms with Gasteiger partial charge in [-0.3, -0.25) is 0 Å². The van der Waals surface area contributed by atoms with E-state index in [-0.39, 0.29) is 5.03 Å². The molecule has 1 aliphatic carbocycles. The molecular formula is C13H20N4O2S. The fraction of sp³-hybridized carbons (Fsp3) is 0.692. The Labute approximate surface area is 119 Å². The first-order valence-corrected chi connectivity index (χ1v) is 8.36. The minimum Gasteiger partial charge on any atom is -0.332 e. The van der Waals surface area contributed by atoms with Crippen molar-refractivity contribution in [2.24, 2.45) is 5.92 Å². The number of H-pyrrole nitrogens is 1. The topological polar surface area (TPSA) is 98.6 Å². The largest absolute Gasteiger partial charge is 0.332 e. The molecule has 0 atom stereocenters. The summed E-state index contributed by atoms with van der Waals surface area (Å²) in [4.78, 5) is 6.59. The number of imidazole rings is 1. The predicted octanol–water partition coefficient (Wildman–Crippen LogP) is 1.86. The third-order valence-corrected chi connectivity index (χ3v) is 5.49. The average molecular weight is 296 g/mol. The van der Waals surface area contributed by atoms with Gasteiger partial charge < -0.3 is 4.98 Å². The maximum Gasteiger partial charge on any atom is 0.258 e. The molecule has 1 aromatic rings. The third kappa shape index (κ3) is 3.02. The number of aryl methyl sites for hydroxylation is 1. The Hall–Kier alpha value is -1.39. The van der Waals surface area contributed by atoms with Crippen LogP contribution in [-0.2, 0) is 10.0 Å². The van der Waals surface area contributed by atoms with Crippen LogP contribution >= 0.6 is 0 Å². The maximum atomic E-state index is 12.3. The van der Waals surface area contributed by atoms with Gasteiger partial charge in [-0.2, -0.15) is 9.98 Å². The number of nitrogens with zero attached hydrogens (tertiary/aromatic N) is 2. The second-order valence-corrected chi connectivity index (χ2v) is 7.13. The SMILES string of the molecule is CCC1CCC(C#N)(NS(=O)(=O)c2cnc(C)[nH]2)CC1. The molecule has 110 valence electrons. The van der Waals surface area contributed by atoms with Gasteiger partial charge in [-0.15, -0.1) is 0 Å². The van der Waals surface area contributed by atoms with E-state index in [4.69, 9.17) is 0 Å². The first kappa shape index (κ1) is 15.0. The van der Waals surface area contributed by atoms with Crippen molar-refractivity contribution in [1.82, 2.24) is 14.7 Å². The number of hydrogen-bond donors (Lipinski definition) is 2. The molecule has 7 heteroatoms. The minimum atomic E-state index is -3.72. The highest BCUT2D eigenvalue weighted by Gasteiger charge is 2.39. The number of nitriles is 1. The molecule has 2 N–H and O–H groups in total. The molecular weight excluding hydrogens is 276 g/mol. The van der Waals surface area contributed by atoms with Crippen LogP contribution in [0.4, 0.5) is 0 Å². The molecule has 1 heterocycles. The van der Waals surface area contributed by atoms with E-state index in [2.05, 4.69) is 27.7 Å². The number of aromatic amines is 1. The van der Waals surface area contributed by atoms with Crippen molar-refractivity contribution < 1.29 is 8.42 Å². The zero-order chi connectivity index (χ0) is 14.8. The van der Waals surface area contributed by atoms with Gasteiger partial charge in [0.15, 0.2) is 5.03 Å². The molecule has 6 nitrogen and oxygen atoms in total. The van der Waals surface area contributed by atoms with Gasteiger partial charge in [0.05, 0.1) is 12.3 Å². The van der Waals surface area contributed by atoms with Crippen molar-refractivity contribution in [3.8, 4) is 6.07 Å². The summed E-state index contributed by atoms with van der Waals surface area (Å²) in [6.45, 7) is 3.81. The second-order valence-electron chi connectivity index (χ2n) is 5.48. The monoisotopic (exact) mass is 296 g/mol. The van der Waals surface area contributed by atoms with Crippen molar-refractivity contribution >= 4 is 10.0 Å². The summed E-state index contributed by atoms with van der Waals surface area (Å²) < 4.78 is 27.2. The van der Waals surface area contributed by atoms with Crippen LogP contribution in [-0.4, -0.2) is 23.9 Å². The van der Waals surface area contributed by atoms with E-state index in [1.54, 1.807) is 6.92 Å². The summed E-state index contributed by atoms with van der Waals surface area (Å²) in [6, 6.07) is 2.17. The summed E-state index contributed by atoms with van der Waals surface area (Å²) in [5.41, 5.74) is -0.983. The Kier molecular flexibility index (Phi) is 4.16. The molecule has 0 bridgehead atoms. The Morgan fingerprint density at radius 1 is 1.55 bits per heavy atom. The second kappa shape index (κ2) is 5.54. The Morgan fingerprint density at radius 3 is 2.65 bits per heavy atom. The number of nitrogens with one attached hydrogen (secondary N) is 2. The van der Waals surface area contributed by atoms with Crippen LogP contribution in [0.15, 0.2) is 11.2 Å². The number of rotatable bonds is 4. The minimum absolute atomic E-state index is 0.0160. The zero-order valence-corrected chi connectivity index (χ0v) is 12.6. The number of hydrogen-bond acceptors (Lipinski definition) is 4. The van der Waals surface area contributed by atoms with Gasteiger partial charge in [-0.05, 0) is 38.5 Å². The fourth-order valence-electron chi connectivity index (χ4n) is 2.66. The van der Waals surface area contributed by atoms with Crippen molar-refractivity contribution in [3.05, 3.63) is 12.0 Å². The van der Waals surface area contributed by atoms with Gasteiger partial charge in [0.1, 0.15) is 11.4 Å². The van der Waals surface area contributed by atoms with E-state index in [9.17, 15) is 13.7 Å². The molecule has 1 saturated carbocycles. The zero-order valence-electron chi connectivity index (χ0n) is 11.8. The molecule has 1 fully saturated rings. The normalized spacial score (nSPS) is 27.1. The van der Waals surface area contributed by atoms with E-state index in [0.29, 0.717) is 24.6 Å². The van der Waals surface area contributed by atoms with Gasteiger partial charge in [0, 0.05) is 0 Å². The quantitative estimate of drug-likeness (QED) is 0.885. The standard InChI is InChI=1S/C13H20N4O2S/c1-3-11-4-6-13(9-14,7-5-11)17-20(18,19)12-8-15-10(2)16-12/h8,11,17H,3-7H2,1-2H3,(H,15,16). The molecule has 0 unspecified atom stereocenters. The molecule has 0 aromatic carbocycles. The maximum absolute atomic E-state index is 12.3. The lowest BCUT2D eigenvalue weighted by molar-refractivity contribution is 0.259. The van der Waals surface area contributed by atoms with Crippen molar-refractivity contribution in [2.75, 3.05) is 0 Å². The van der Waals surface area contributed by atoms with Crippen LogP contribution in [0.3, 0.4) is 0 Å². The molecule has 0 radical (unpaired) electrons. The molecule has 0 amide bonds. The third-order valence-electron chi connectivity index (χ3n) is 4.05. The molecule has 1 aliphatic rings. The Balaban J connectivity index is 2.17. The highest BCUT2D eigenvalue weighted by Crippen LogP contribution is 2.34. The average Bonchev–Trinajstić information content (AvgIpc) is 2.87. The van der Waals surface area contributed by atoms with E-state index in [1.165, 1.54) is 6.20 Å². The summed E-state index contributed by atoms with van der Waals surface area (Å²) >= 11 is 0. The number of aromatic nitrogens is 2. The van der Waals surface area contributed by atoms with Gasteiger partial charge in [-0.25, -0.2) is 13.4 Å². The van der Waals surface area contributed by atoms with Gasteiger partial charge in [-0.1, -0.05) is 13.3 Å². The molecule has 0 spiro atoms. The molecule has 1 aromatic heterocycles. The van der Waals surface area contributed by atoms with Crippen molar-refractivity contribution in [2.45, 2.75) is 56.5 Å². The highest BCUT2D eigenvalue weighted by molar-refractivity contribution is 7.89. The Morgan fingerprint density at radius 2 is 2.20 bits per heavy atom. The van der Waals surface area contributed by atoms with Crippen LogP contribution in [0.2, 0.25) is 0 Å². The van der Waals surface area contributed by atoms with Crippen LogP contribution in [0.5, 0.6) is 0 Å². The van der Waals surface area contributed by atoms with Gasteiger partial charge in [0.2, 0.25) is 0 Å². The van der Waals surface area contributed by atoms with E-state index < -0.39 is 15.6 Å². The van der Waals surface area contributed by atoms with E-state index in [1.807, 2.05) is 0 Å². The van der Waals surface area contributed by atoms with Crippen LogP contribution in [0, 0.1) is 24.2 Å². The van der Waals surface area contributed by atoms with E-state index in [0.717, 1.165) is 19.3 Å². The number of sulfonamides is 1. The Bertz CT molecular complexity index is 607.